The van der Waals surface area contributed by atoms with Crippen molar-refractivity contribution in [1.82, 2.24) is 10.4 Å². The van der Waals surface area contributed by atoms with Crippen LogP contribution in [0.3, 0.4) is 0 Å². The summed E-state index contributed by atoms with van der Waals surface area (Å²) in [4.78, 5) is 16.4. The number of furan rings is 1. The maximum Gasteiger partial charge on any atom is 0.416 e. The fourth-order valence-electron chi connectivity index (χ4n) is 2.97. The first-order valence-corrected chi connectivity index (χ1v) is 11.6. The molecule has 0 aliphatic rings. The standard InChI is InChI=1S/C23H15Cl2F3N4O2S/c24-14-4-6-18(19(25)9-14)20-7-5-17(34-20)11-29-32-21(33)10-16-12-35-22(31-16)30-15-3-1-2-13(8-15)23(26,27)28/h1-9,11-12H,10H2,(H,30,31)(H,32,33)/b29-11-. The Kier molecular flexibility index (Phi) is 7.44. The van der Waals surface area contributed by atoms with E-state index in [4.69, 9.17) is 27.6 Å². The van der Waals surface area contributed by atoms with Gasteiger partial charge in [0.05, 0.1) is 28.9 Å². The van der Waals surface area contributed by atoms with Crippen molar-refractivity contribution in [2.45, 2.75) is 12.6 Å². The molecule has 180 valence electrons. The lowest BCUT2D eigenvalue weighted by molar-refractivity contribution is -0.137. The summed E-state index contributed by atoms with van der Waals surface area (Å²) in [5.74, 6) is 0.486. The average Bonchev–Trinajstić information content (AvgIpc) is 3.43. The second kappa shape index (κ2) is 10.5. The van der Waals surface area contributed by atoms with E-state index in [1.807, 2.05) is 0 Å². The molecule has 0 aliphatic carbocycles. The quantitative estimate of drug-likeness (QED) is 0.193. The van der Waals surface area contributed by atoms with Crippen LogP contribution in [0.25, 0.3) is 11.3 Å². The minimum Gasteiger partial charge on any atom is -0.455 e. The normalized spacial score (nSPS) is 11.7. The zero-order chi connectivity index (χ0) is 25.0. The van der Waals surface area contributed by atoms with Crippen LogP contribution in [-0.2, 0) is 17.4 Å². The van der Waals surface area contributed by atoms with Gasteiger partial charge in [-0.05, 0) is 48.5 Å². The summed E-state index contributed by atoms with van der Waals surface area (Å²) in [6.45, 7) is 0. The Labute approximate surface area is 211 Å². The predicted molar refractivity (Wildman–Crippen MR) is 130 cm³/mol. The number of nitrogens with one attached hydrogen (secondary N) is 2. The zero-order valence-corrected chi connectivity index (χ0v) is 19.9. The third kappa shape index (κ3) is 6.62. The summed E-state index contributed by atoms with van der Waals surface area (Å²) < 4.78 is 44.2. The summed E-state index contributed by atoms with van der Waals surface area (Å²) in [5, 5.41) is 9.62. The molecule has 4 aromatic rings. The van der Waals surface area contributed by atoms with E-state index >= 15 is 0 Å². The molecule has 0 saturated heterocycles. The largest absolute Gasteiger partial charge is 0.455 e. The maximum absolute atomic E-state index is 12.9. The minimum atomic E-state index is -4.44. The van der Waals surface area contributed by atoms with Crippen molar-refractivity contribution in [2.75, 3.05) is 5.32 Å². The monoisotopic (exact) mass is 538 g/mol. The maximum atomic E-state index is 12.9. The Morgan fingerprint density at radius 1 is 1.14 bits per heavy atom. The van der Waals surface area contributed by atoms with Gasteiger partial charge in [0.1, 0.15) is 11.5 Å². The SMILES string of the molecule is O=C(Cc1csc(Nc2cccc(C(F)(F)F)c2)n1)N/N=C\c1ccc(-c2ccc(Cl)cc2Cl)o1. The van der Waals surface area contributed by atoms with E-state index in [0.29, 0.717) is 38.0 Å². The lowest BCUT2D eigenvalue weighted by Crippen LogP contribution is -2.19. The van der Waals surface area contributed by atoms with Crippen LogP contribution in [0.4, 0.5) is 24.0 Å². The molecule has 6 nitrogen and oxygen atoms in total. The van der Waals surface area contributed by atoms with Crippen molar-refractivity contribution in [3.8, 4) is 11.3 Å². The van der Waals surface area contributed by atoms with Crippen LogP contribution < -0.4 is 10.7 Å². The van der Waals surface area contributed by atoms with Crippen LogP contribution in [0.15, 0.2) is 69.5 Å². The second-order valence-corrected chi connectivity index (χ2v) is 8.85. The molecule has 2 aromatic carbocycles. The number of alkyl halides is 3. The minimum absolute atomic E-state index is 0.0676. The van der Waals surface area contributed by atoms with Gasteiger partial charge in [0.2, 0.25) is 5.91 Å². The van der Waals surface area contributed by atoms with Gasteiger partial charge in [-0.15, -0.1) is 11.3 Å². The van der Waals surface area contributed by atoms with E-state index in [9.17, 15) is 18.0 Å². The van der Waals surface area contributed by atoms with Gasteiger partial charge in [-0.3, -0.25) is 4.79 Å². The number of thiazole rings is 1. The first kappa shape index (κ1) is 24.8. The molecule has 2 N–H and O–H groups in total. The number of aromatic nitrogens is 1. The third-order valence-corrected chi connectivity index (χ3v) is 5.89. The Morgan fingerprint density at radius 2 is 1.97 bits per heavy atom. The number of hydrogen-bond acceptors (Lipinski definition) is 6. The molecule has 0 atom stereocenters. The number of hydrazone groups is 1. The van der Waals surface area contributed by atoms with E-state index in [2.05, 4.69) is 20.8 Å². The van der Waals surface area contributed by atoms with Crippen LogP contribution in [0.5, 0.6) is 0 Å². The molecular formula is C23H15Cl2F3N4O2S. The summed E-state index contributed by atoms with van der Waals surface area (Å²) in [6.07, 6.45) is -3.17. The lowest BCUT2D eigenvalue weighted by atomic mass is 10.2. The molecule has 0 saturated carbocycles. The lowest BCUT2D eigenvalue weighted by Gasteiger charge is -2.08. The van der Waals surface area contributed by atoms with Crippen LogP contribution >= 0.6 is 34.5 Å². The fourth-order valence-corrected chi connectivity index (χ4v) is 4.20. The van der Waals surface area contributed by atoms with Crippen molar-refractivity contribution in [3.63, 3.8) is 0 Å². The molecule has 0 unspecified atom stereocenters. The summed E-state index contributed by atoms with van der Waals surface area (Å²) in [6, 6.07) is 13.2. The Hall–Kier alpha value is -3.34. The summed E-state index contributed by atoms with van der Waals surface area (Å²) in [7, 11) is 0. The van der Waals surface area contributed by atoms with Crippen molar-refractivity contribution in [3.05, 3.63) is 87.0 Å². The molecule has 0 bridgehead atoms. The molecule has 4 rings (SSSR count). The molecule has 12 heteroatoms. The van der Waals surface area contributed by atoms with Crippen molar-refractivity contribution >= 4 is 57.5 Å². The van der Waals surface area contributed by atoms with E-state index in [0.717, 1.165) is 12.1 Å². The summed E-state index contributed by atoms with van der Waals surface area (Å²) in [5.41, 5.74) is 2.96. The van der Waals surface area contributed by atoms with Crippen molar-refractivity contribution in [2.24, 2.45) is 5.10 Å². The topological polar surface area (TPSA) is 79.5 Å². The first-order chi connectivity index (χ1) is 16.7. The molecular weight excluding hydrogens is 524 g/mol. The van der Waals surface area contributed by atoms with Crippen LogP contribution in [0, 0.1) is 0 Å². The van der Waals surface area contributed by atoms with Gasteiger partial charge in [-0.25, -0.2) is 10.4 Å². The highest BCUT2D eigenvalue weighted by Crippen LogP contribution is 2.32. The number of carbonyl (C=O) groups excluding carboxylic acids is 1. The first-order valence-electron chi connectivity index (χ1n) is 9.93. The number of carbonyl (C=O) groups is 1. The molecule has 2 heterocycles. The van der Waals surface area contributed by atoms with Crippen LogP contribution in [0.1, 0.15) is 17.0 Å². The van der Waals surface area contributed by atoms with Gasteiger partial charge in [0.25, 0.3) is 0 Å². The molecule has 0 spiro atoms. The van der Waals surface area contributed by atoms with Gasteiger partial charge in [0, 0.05) is 21.7 Å². The molecule has 35 heavy (non-hydrogen) atoms. The number of hydrogen-bond donors (Lipinski definition) is 2. The highest BCUT2D eigenvalue weighted by Gasteiger charge is 2.30. The van der Waals surface area contributed by atoms with Crippen molar-refractivity contribution < 1.29 is 22.4 Å². The molecule has 0 radical (unpaired) electrons. The van der Waals surface area contributed by atoms with E-state index in [1.165, 1.54) is 29.7 Å². The van der Waals surface area contributed by atoms with Gasteiger partial charge < -0.3 is 9.73 Å². The fraction of sp³-hybridized carbons (Fsp3) is 0.0870. The highest BCUT2D eigenvalue weighted by molar-refractivity contribution is 7.13. The van der Waals surface area contributed by atoms with Crippen molar-refractivity contribution in [1.29, 1.82) is 0 Å². The summed E-state index contributed by atoms with van der Waals surface area (Å²) >= 11 is 13.2. The van der Waals surface area contributed by atoms with E-state index in [-0.39, 0.29) is 12.1 Å². The van der Waals surface area contributed by atoms with Gasteiger partial charge in [0.15, 0.2) is 5.13 Å². The van der Waals surface area contributed by atoms with Gasteiger partial charge in [-0.1, -0.05) is 29.3 Å². The average molecular weight is 539 g/mol. The Morgan fingerprint density at radius 3 is 2.74 bits per heavy atom. The second-order valence-electron chi connectivity index (χ2n) is 7.14. The Balaban J connectivity index is 1.31. The highest BCUT2D eigenvalue weighted by atomic mass is 35.5. The van der Waals surface area contributed by atoms with E-state index < -0.39 is 17.6 Å². The number of nitrogens with zero attached hydrogens (tertiary/aromatic N) is 2. The zero-order valence-electron chi connectivity index (χ0n) is 17.6. The number of halogens is 5. The molecule has 0 aliphatic heterocycles. The molecule has 1 amide bonds. The Bertz CT molecular complexity index is 1390. The predicted octanol–water partition coefficient (Wildman–Crippen LogP) is 7.17. The molecule has 0 fully saturated rings. The number of anilines is 2. The van der Waals surface area contributed by atoms with Crippen LogP contribution in [-0.4, -0.2) is 17.1 Å². The molecule has 2 aromatic heterocycles. The number of amides is 1. The van der Waals surface area contributed by atoms with E-state index in [1.54, 1.807) is 35.7 Å². The smallest absolute Gasteiger partial charge is 0.416 e. The van der Waals surface area contributed by atoms with Crippen LogP contribution in [0.2, 0.25) is 10.0 Å². The number of benzene rings is 2. The third-order valence-electron chi connectivity index (χ3n) is 4.54. The number of rotatable bonds is 7. The van der Waals surface area contributed by atoms with Gasteiger partial charge in [-0.2, -0.15) is 18.3 Å². The van der Waals surface area contributed by atoms with Gasteiger partial charge >= 0.3 is 6.18 Å².